The number of aliphatic imine (C=N–C) groups is 1. The molecule has 3 heterocycles. The van der Waals surface area contributed by atoms with E-state index in [-0.39, 0.29) is 22.7 Å². The first-order valence-corrected chi connectivity index (χ1v) is 11.3. The molecule has 2 aromatic rings. The van der Waals surface area contributed by atoms with Crippen molar-refractivity contribution in [2.75, 3.05) is 20.2 Å². The van der Waals surface area contributed by atoms with Crippen molar-refractivity contribution < 1.29 is 37.0 Å². The number of methoxy groups -OCH3 is 1. The predicted molar refractivity (Wildman–Crippen MR) is 117 cm³/mol. The third-order valence-corrected chi connectivity index (χ3v) is 6.70. The van der Waals surface area contributed by atoms with Crippen molar-refractivity contribution in [3.63, 3.8) is 0 Å². The molecule has 0 amide bonds. The van der Waals surface area contributed by atoms with E-state index in [1.165, 1.54) is 6.20 Å². The summed E-state index contributed by atoms with van der Waals surface area (Å²) in [7, 11) is 1.07. The minimum absolute atomic E-state index is 0.00759. The van der Waals surface area contributed by atoms with E-state index in [1.54, 1.807) is 5.38 Å². The number of nitrogens with one attached hydrogen (secondary N) is 1. The van der Waals surface area contributed by atoms with Gasteiger partial charge in [-0.2, -0.15) is 0 Å². The second-order valence-corrected chi connectivity index (χ2v) is 9.08. The number of halogens is 5. The molecule has 2 N–H and O–H groups in total. The highest BCUT2D eigenvalue weighted by atomic mass is 35.5. The van der Waals surface area contributed by atoms with Crippen LogP contribution in [0.5, 0.6) is 0 Å². The number of aromatic nitrogens is 1. The Morgan fingerprint density at radius 1 is 1.37 bits per heavy atom. The Bertz CT molecular complexity index is 1240. The summed E-state index contributed by atoms with van der Waals surface area (Å²) in [5.41, 5.74) is -0.313. The largest absolute Gasteiger partial charge is 0.480 e. The van der Waals surface area contributed by atoms with E-state index in [2.05, 4.69) is 15.3 Å². The molecule has 0 saturated carbocycles. The molecule has 0 spiro atoms. The highest BCUT2D eigenvalue weighted by molar-refractivity contribution is 7.11. The molecule has 2 unspecified atom stereocenters. The zero-order valence-electron chi connectivity index (χ0n) is 17.9. The predicted octanol–water partition coefficient (Wildman–Crippen LogP) is 3.39. The Labute approximate surface area is 204 Å². The van der Waals surface area contributed by atoms with Crippen LogP contribution in [0, 0.1) is 11.6 Å². The van der Waals surface area contributed by atoms with Crippen LogP contribution in [-0.2, 0) is 14.3 Å². The van der Waals surface area contributed by atoms with E-state index < -0.39 is 66.1 Å². The molecule has 0 bridgehead atoms. The molecule has 35 heavy (non-hydrogen) atoms. The van der Waals surface area contributed by atoms with Gasteiger partial charge in [-0.15, -0.1) is 11.3 Å². The van der Waals surface area contributed by atoms with Crippen molar-refractivity contribution in [1.82, 2.24) is 15.2 Å². The molecule has 4 rings (SSSR count). The number of carbonyl (C=O) groups is 2. The summed E-state index contributed by atoms with van der Waals surface area (Å²) >= 11 is 7.22. The van der Waals surface area contributed by atoms with Crippen molar-refractivity contribution in [3.05, 3.63) is 62.2 Å². The van der Waals surface area contributed by atoms with Gasteiger partial charge in [-0.1, -0.05) is 17.7 Å². The smallest absolute Gasteiger partial charge is 0.338 e. The Kier molecular flexibility index (Phi) is 6.84. The molecule has 14 heteroatoms. The SMILES string of the molecule is COC(=O)C1=C(CN2CC(F)(F)CC2C(=O)O)NC(c2nccs2)=NC1c1ccc(F)c(F)c1Cl. The van der Waals surface area contributed by atoms with Gasteiger partial charge >= 0.3 is 11.9 Å². The quantitative estimate of drug-likeness (QED) is 0.334. The number of likely N-dealkylation sites (tertiary alicyclic amines) is 1. The average molecular weight is 533 g/mol. The third kappa shape index (κ3) is 4.88. The van der Waals surface area contributed by atoms with Crippen LogP contribution in [-0.4, -0.2) is 64.9 Å². The lowest BCUT2D eigenvalue weighted by atomic mass is 9.95. The summed E-state index contributed by atoms with van der Waals surface area (Å²) in [6, 6.07) is -0.894. The maximum Gasteiger partial charge on any atom is 0.338 e. The molecule has 2 atom stereocenters. The van der Waals surface area contributed by atoms with E-state index >= 15 is 0 Å². The van der Waals surface area contributed by atoms with Gasteiger partial charge in [0.05, 0.1) is 24.3 Å². The number of hydrogen-bond donors (Lipinski definition) is 2. The lowest BCUT2D eigenvalue weighted by molar-refractivity contribution is -0.142. The van der Waals surface area contributed by atoms with E-state index in [9.17, 15) is 32.3 Å². The number of amidine groups is 1. The monoisotopic (exact) mass is 532 g/mol. The van der Waals surface area contributed by atoms with Crippen molar-refractivity contribution in [2.45, 2.75) is 24.4 Å². The van der Waals surface area contributed by atoms with E-state index in [0.29, 0.717) is 5.01 Å². The number of thiazole rings is 1. The highest BCUT2D eigenvalue weighted by Crippen LogP contribution is 2.39. The summed E-state index contributed by atoms with van der Waals surface area (Å²) in [5, 5.41) is 13.7. The highest BCUT2D eigenvalue weighted by Gasteiger charge is 2.49. The summed E-state index contributed by atoms with van der Waals surface area (Å²) < 4.78 is 61.1. The maximum atomic E-state index is 14.3. The number of carboxylic acid groups (broad SMARTS) is 1. The number of carboxylic acids is 1. The fourth-order valence-electron chi connectivity index (χ4n) is 3.99. The maximum absolute atomic E-state index is 14.3. The van der Waals surface area contributed by atoms with Gasteiger partial charge in [0.2, 0.25) is 0 Å². The molecule has 1 aromatic carbocycles. The van der Waals surface area contributed by atoms with Crippen molar-refractivity contribution >= 4 is 40.7 Å². The molecule has 1 fully saturated rings. The van der Waals surface area contributed by atoms with E-state index in [4.69, 9.17) is 16.3 Å². The van der Waals surface area contributed by atoms with Crippen LogP contribution in [0.15, 0.2) is 40.0 Å². The van der Waals surface area contributed by atoms with Gasteiger partial charge in [0, 0.05) is 35.8 Å². The van der Waals surface area contributed by atoms with Gasteiger partial charge in [-0.25, -0.2) is 27.3 Å². The Morgan fingerprint density at radius 2 is 2.11 bits per heavy atom. The fraction of sp³-hybridized carbons (Fsp3) is 0.333. The van der Waals surface area contributed by atoms with Crippen molar-refractivity contribution in [3.8, 4) is 0 Å². The molecule has 0 aliphatic carbocycles. The molecule has 1 aromatic heterocycles. The van der Waals surface area contributed by atoms with E-state index in [0.717, 1.165) is 35.5 Å². The number of esters is 1. The molecule has 1 saturated heterocycles. The standard InChI is InChI=1S/C21H17ClF4N4O4S/c1-34-20(33)13-11(7-30-8-21(25,26)6-12(30)19(31)32)28-17(18-27-4-5-35-18)29-16(13)9-2-3-10(23)15(24)14(9)22/h2-5,12,16H,6-8H2,1H3,(H,28,29)(H,31,32). The minimum Gasteiger partial charge on any atom is -0.480 e. The Morgan fingerprint density at radius 3 is 2.74 bits per heavy atom. The molecule has 0 radical (unpaired) electrons. The molecular formula is C21H17ClF4N4O4S. The zero-order valence-corrected chi connectivity index (χ0v) is 19.5. The fourth-order valence-corrected chi connectivity index (χ4v) is 4.84. The van der Waals surface area contributed by atoms with Crippen molar-refractivity contribution in [1.29, 1.82) is 0 Å². The van der Waals surface area contributed by atoms with Crippen LogP contribution in [0.4, 0.5) is 17.6 Å². The first-order valence-electron chi connectivity index (χ1n) is 10.1. The van der Waals surface area contributed by atoms with Gasteiger partial charge in [-0.3, -0.25) is 14.7 Å². The lowest BCUT2D eigenvalue weighted by Gasteiger charge is -2.30. The Hall–Kier alpha value is -3.03. The van der Waals surface area contributed by atoms with Crippen LogP contribution < -0.4 is 5.32 Å². The van der Waals surface area contributed by atoms with Crippen LogP contribution in [0.1, 0.15) is 23.0 Å². The van der Waals surface area contributed by atoms with Crippen LogP contribution in [0.2, 0.25) is 5.02 Å². The van der Waals surface area contributed by atoms with Crippen molar-refractivity contribution in [2.24, 2.45) is 4.99 Å². The number of rotatable bonds is 6. The lowest BCUT2D eigenvalue weighted by Crippen LogP contribution is -2.43. The van der Waals surface area contributed by atoms with Gasteiger partial charge in [-0.05, 0) is 6.07 Å². The number of aliphatic carboxylic acids is 1. The van der Waals surface area contributed by atoms with Gasteiger partial charge in [0.25, 0.3) is 5.92 Å². The number of hydrogen-bond acceptors (Lipinski definition) is 8. The number of nitrogens with zero attached hydrogens (tertiary/aromatic N) is 3. The first-order chi connectivity index (χ1) is 16.5. The number of ether oxygens (including phenoxy) is 1. The number of carbonyl (C=O) groups excluding carboxylic acids is 1. The summed E-state index contributed by atoms with van der Waals surface area (Å²) in [5.74, 6) is -8.14. The normalized spacial score (nSPS) is 22.1. The Balaban J connectivity index is 1.86. The van der Waals surface area contributed by atoms with Gasteiger partial charge < -0.3 is 15.2 Å². The molecular weight excluding hydrogens is 516 g/mol. The minimum atomic E-state index is -3.27. The summed E-state index contributed by atoms with van der Waals surface area (Å²) in [6.45, 7) is -1.30. The molecule has 2 aliphatic rings. The van der Waals surface area contributed by atoms with Crippen LogP contribution in [0.25, 0.3) is 0 Å². The second-order valence-electron chi connectivity index (χ2n) is 7.81. The summed E-state index contributed by atoms with van der Waals surface area (Å²) in [4.78, 5) is 34.0. The summed E-state index contributed by atoms with van der Waals surface area (Å²) in [6.07, 6.45) is 0.569. The first kappa shape index (κ1) is 25.1. The second kappa shape index (κ2) is 9.55. The molecule has 8 nitrogen and oxygen atoms in total. The van der Waals surface area contributed by atoms with Crippen LogP contribution in [0.3, 0.4) is 0 Å². The van der Waals surface area contributed by atoms with Gasteiger partial charge in [0.1, 0.15) is 12.1 Å². The van der Waals surface area contributed by atoms with Crippen LogP contribution >= 0.6 is 22.9 Å². The topological polar surface area (TPSA) is 104 Å². The number of alkyl halides is 2. The average Bonchev–Trinajstić information content (AvgIpc) is 3.44. The third-order valence-electron chi connectivity index (χ3n) is 5.54. The zero-order chi connectivity index (χ0) is 25.5. The molecule has 2 aliphatic heterocycles. The van der Waals surface area contributed by atoms with E-state index in [1.807, 2.05) is 0 Å². The number of benzene rings is 1. The molecule has 186 valence electrons. The van der Waals surface area contributed by atoms with Gasteiger partial charge in [0.15, 0.2) is 22.5 Å².